The molecule has 1 saturated heterocycles. The Morgan fingerprint density at radius 3 is 2.69 bits per heavy atom. The van der Waals surface area contributed by atoms with Crippen LogP contribution in [0.25, 0.3) is 10.2 Å². The number of carbonyl (C=O) groups excluding carboxylic acids is 1. The van der Waals surface area contributed by atoms with Gasteiger partial charge in [0.15, 0.2) is 0 Å². The van der Waals surface area contributed by atoms with Crippen LogP contribution in [0.2, 0.25) is 0 Å². The van der Waals surface area contributed by atoms with E-state index >= 15 is 0 Å². The summed E-state index contributed by atoms with van der Waals surface area (Å²) in [6, 6.07) is 6.08. The first-order valence-electron chi connectivity index (χ1n) is 11.0. The van der Waals surface area contributed by atoms with Gasteiger partial charge in [-0.1, -0.05) is 12.1 Å². The minimum Gasteiger partial charge on any atom is -0.379 e. The average molecular weight is 454 g/mol. The first-order chi connectivity index (χ1) is 15.3. The number of amides is 1. The Hall–Kier alpha value is -2.55. The molecule has 0 spiro atoms. The highest BCUT2D eigenvalue weighted by atomic mass is 32.1. The minimum absolute atomic E-state index is 0.0627. The maximum absolute atomic E-state index is 12.9. The van der Waals surface area contributed by atoms with Crippen LogP contribution in [0.15, 0.2) is 18.2 Å². The molecule has 1 fully saturated rings. The highest BCUT2D eigenvalue weighted by molar-refractivity contribution is 7.18. The number of nitrogens with one attached hydrogen (secondary N) is 1. The molecular formula is C24H31N5O2S. The zero-order chi connectivity index (χ0) is 22.8. The van der Waals surface area contributed by atoms with Crippen LogP contribution in [0, 0.1) is 27.7 Å². The number of morpholine rings is 1. The normalized spacial score (nSPS) is 14.7. The summed E-state index contributed by atoms with van der Waals surface area (Å²) in [5.74, 6) is 1.54. The molecule has 1 aliphatic rings. The largest absolute Gasteiger partial charge is 0.379 e. The summed E-state index contributed by atoms with van der Waals surface area (Å²) in [6.45, 7) is 12.4. The number of hydrogen-bond acceptors (Lipinski definition) is 7. The van der Waals surface area contributed by atoms with Crippen LogP contribution in [0.5, 0.6) is 0 Å². The van der Waals surface area contributed by atoms with Gasteiger partial charge in [-0.15, -0.1) is 11.3 Å². The van der Waals surface area contributed by atoms with E-state index in [2.05, 4.69) is 24.1 Å². The SMILES string of the molecule is Cc1ccc(C)c(NC(=O)CN(C)c2nc(CN3CCOCC3)nc3sc(C)c(C)c23)c1. The van der Waals surface area contributed by atoms with E-state index in [-0.39, 0.29) is 12.5 Å². The smallest absolute Gasteiger partial charge is 0.243 e. The first-order valence-corrected chi connectivity index (χ1v) is 11.8. The summed E-state index contributed by atoms with van der Waals surface area (Å²) < 4.78 is 5.46. The second-order valence-corrected chi connectivity index (χ2v) is 9.74. The summed E-state index contributed by atoms with van der Waals surface area (Å²) in [6.07, 6.45) is 0. The lowest BCUT2D eigenvalue weighted by atomic mass is 10.1. The van der Waals surface area contributed by atoms with Crippen LogP contribution in [0.3, 0.4) is 0 Å². The second kappa shape index (κ2) is 9.52. The molecule has 8 heteroatoms. The van der Waals surface area contributed by atoms with E-state index in [1.807, 2.05) is 44.0 Å². The van der Waals surface area contributed by atoms with Crippen molar-refractivity contribution in [3.63, 3.8) is 0 Å². The molecule has 0 saturated carbocycles. The van der Waals surface area contributed by atoms with E-state index in [9.17, 15) is 4.79 Å². The number of carbonyl (C=O) groups is 1. The highest BCUT2D eigenvalue weighted by Crippen LogP contribution is 2.34. The fourth-order valence-corrected chi connectivity index (χ4v) is 4.97. The number of benzene rings is 1. The molecule has 7 nitrogen and oxygen atoms in total. The lowest BCUT2D eigenvalue weighted by Crippen LogP contribution is -2.36. The van der Waals surface area contributed by atoms with Crippen molar-refractivity contribution in [1.29, 1.82) is 0 Å². The van der Waals surface area contributed by atoms with Crippen LogP contribution >= 0.6 is 11.3 Å². The Kier molecular flexibility index (Phi) is 6.74. The number of aromatic nitrogens is 2. The number of likely N-dealkylation sites (N-methyl/N-ethyl adjacent to an activating group) is 1. The van der Waals surface area contributed by atoms with Crippen molar-refractivity contribution in [3.8, 4) is 0 Å². The van der Waals surface area contributed by atoms with Gasteiger partial charge < -0.3 is 15.0 Å². The van der Waals surface area contributed by atoms with Crippen molar-refractivity contribution in [2.24, 2.45) is 0 Å². The van der Waals surface area contributed by atoms with Gasteiger partial charge in [-0.25, -0.2) is 9.97 Å². The van der Waals surface area contributed by atoms with E-state index in [0.29, 0.717) is 6.54 Å². The van der Waals surface area contributed by atoms with E-state index in [1.54, 1.807) is 11.3 Å². The number of fused-ring (bicyclic) bond motifs is 1. The summed E-state index contributed by atoms with van der Waals surface area (Å²) >= 11 is 1.69. The lowest BCUT2D eigenvalue weighted by molar-refractivity contribution is -0.114. The molecule has 2 aromatic heterocycles. The third-order valence-corrected chi connectivity index (χ3v) is 7.04. The third-order valence-electron chi connectivity index (χ3n) is 5.93. The monoisotopic (exact) mass is 453 g/mol. The maximum Gasteiger partial charge on any atom is 0.243 e. The van der Waals surface area contributed by atoms with E-state index in [0.717, 1.165) is 65.0 Å². The molecule has 3 aromatic rings. The fourth-order valence-electron chi connectivity index (χ4n) is 3.93. The van der Waals surface area contributed by atoms with Gasteiger partial charge in [-0.2, -0.15) is 0 Å². The summed E-state index contributed by atoms with van der Waals surface area (Å²) in [5.41, 5.74) is 4.20. The molecule has 1 aromatic carbocycles. The number of rotatable bonds is 6. The number of hydrogen-bond donors (Lipinski definition) is 1. The van der Waals surface area contributed by atoms with Crippen molar-refractivity contribution in [2.75, 3.05) is 50.1 Å². The van der Waals surface area contributed by atoms with Crippen LogP contribution < -0.4 is 10.2 Å². The molecule has 0 atom stereocenters. The Bertz CT molecular complexity index is 1140. The molecule has 4 rings (SSSR count). The molecule has 0 radical (unpaired) electrons. The topological polar surface area (TPSA) is 70.6 Å². The zero-order valence-electron chi connectivity index (χ0n) is 19.5. The maximum atomic E-state index is 12.9. The predicted octanol–water partition coefficient (Wildman–Crippen LogP) is 3.83. The van der Waals surface area contributed by atoms with E-state index in [1.165, 1.54) is 10.4 Å². The predicted molar refractivity (Wildman–Crippen MR) is 131 cm³/mol. The van der Waals surface area contributed by atoms with Crippen LogP contribution in [-0.2, 0) is 16.1 Å². The van der Waals surface area contributed by atoms with Gasteiger partial charge in [0, 0.05) is 30.7 Å². The van der Waals surface area contributed by atoms with Crippen LogP contribution in [0.4, 0.5) is 11.5 Å². The summed E-state index contributed by atoms with van der Waals surface area (Å²) in [5, 5.41) is 4.10. The molecule has 1 amide bonds. The third kappa shape index (κ3) is 4.92. The molecule has 3 heterocycles. The average Bonchev–Trinajstić information content (AvgIpc) is 3.04. The molecular weight excluding hydrogens is 422 g/mol. The van der Waals surface area contributed by atoms with Gasteiger partial charge in [0.25, 0.3) is 0 Å². The minimum atomic E-state index is -0.0627. The van der Waals surface area contributed by atoms with Gasteiger partial charge in [-0.3, -0.25) is 9.69 Å². The molecule has 0 bridgehead atoms. The van der Waals surface area contributed by atoms with Crippen molar-refractivity contribution < 1.29 is 9.53 Å². The van der Waals surface area contributed by atoms with Gasteiger partial charge in [0.2, 0.25) is 5.91 Å². The van der Waals surface area contributed by atoms with Crippen LogP contribution in [-0.4, -0.2) is 60.7 Å². The highest BCUT2D eigenvalue weighted by Gasteiger charge is 2.21. The lowest BCUT2D eigenvalue weighted by Gasteiger charge is -2.26. The molecule has 0 aliphatic carbocycles. The van der Waals surface area contributed by atoms with Gasteiger partial charge in [0.05, 0.1) is 31.7 Å². The Morgan fingerprint density at radius 2 is 1.94 bits per heavy atom. The van der Waals surface area contributed by atoms with Crippen molar-refractivity contribution in [3.05, 3.63) is 45.6 Å². The van der Waals surface area contributed by atoms with Gasteiger partial charge in [-0.05, 0) is 50.5 Å². The van der Waals surface area contributed by atoms with E-state index < -0.39 is 0 Å². The van der Waals surface area contributed by atoms with E-state index in [4.69, 9.17) is 14.7 Å². The molecule has 32 heavy (non-hydrogen) atoms. The zero-order valence-corrected chi connectivity index (χ0v) is 20.3. The Morgan fingerprint density at radius 1 is 1.19 bits per heavy atom. The van der Waals surface area contributed by atoms with Crippen molar-refractivity contribution in [1.82, 2.24) is 14.9 Å². The molecule has 0 unspecified atom stereocenters. The number of aryl methyl sites for hydroxylation is 4. The molecule has 170 valence electrons. The number of thiophene rings is 1. The fraction of sp³-hybridized carbons (Fsp3) is 0.458. The number of nitrogens with zero attached hydrogens (tertiary/aromatic N) is 4. The molecule has 1 N–H and O–H groups in total. The Labute approximate surface area is 193 Å². The standard InChI is InChI=1S/C24H31N5O2S/c1-15-6-7-16(2)19(12-15)25-21(30)14-28(5)23-22-17(3)18(4)32-24(22)27-20(26-23)13-29-8-10-31-11-9-29/h6-7,12H,8-11,13-14H2,1-5H3,(H,25,30). The quantitative estimate of drug-likeness (QED) is 0.612. The number of anilines is 2. The number of ether oxygens (including phenoxy) is 1. The van der Waals surface area contributed by atoms with Crippen LogP contribution in [0.1, 0.15) is 27.4 Å². The summed E-state index contributed by atoms with van der Waals surface area (Å²) in [7, 11) is 1.93. The van der Waals surface area contributed by atoms with Gasteiger partial charge >= 0.3 is 0 Å². The summed E-state index contributed by atoms with van der Waals surface area (Å²) in [4.78, 5) is 29.1. The van der Waals surface area contributed by atoms with Crippen molar-refractivity contribution in [2.45, 2.75) is 34.2 Å². The van der Waals surface area contributed by atoms with Gasteiger partial charge in [0.1, 0.15) is 16.5 Å². The first kappa shape index (κ1) is 22.6. The van der Waals surface area contributed by atoms with Crippen molar-refractivity contribution >= 4 is 39.0 Å². The molecule has 1 aliphatic heterocycles. The second-order valence-electron chi connectivity index (χ2n) is 8.54. The Balaban J connectivity index is 1.59.